The van der Waals surface area contributed by atoms with E-state index in [1.165, 1.54) is 0 Å². The van der Waals surface area contributed by atoms with Crippen LogP contribution in [0.4, 0.5) is 13.2 Å². The number of alkyl halides is 3. The van der Waals surface area contributed by atoms with E-state index in [0.717, 1.165) is 18.7 Å². The molecule has 0 saturated carbocycles. The smallest absolute Gasteiger partial charge is 0.244 e. The van der Waals surface area contributed by atoms with Crippen LogP contribution in [0.5, 0.6) is 0 Å². The molecule has 1 aromatic rings. The molecule has 0 atom stereocenters. The minimum atomic E-state index is -4.33. The van der Waals surface area contributed by atoms with Crippen LogP contribution in [0.15, 0.2) is 18.7 Å². The number of hydrogen-bond acceptors (Lipinski definition) is 2. The van der Waals surface area contributed by atoms with Gasteiger partial charge in [-0.25, -0.2) is 9.97 Å². The lowest BCUT2D eigenvalue weighted by Gasteiger charge is -2.02. The minimum Gasteiger partial charge on any atom is -0.244 e. The second-order valence-electron chi connectivity index (χ2n) is 1.62. The van der Waals surface area contributed by atoms with Gasteiger partial charge in [0.1, 0.15) is 6.33 Å². The minimum absolute atomic E-state index is 0. The van der Waals surface area contributed by atoms with E-state index in [-0.39, 0.29) is 12.4 Å². The van der Waals surface area contributed by atoms with Crippen LogP contribution in [0.3, 0.4) is 0 Å². The van der Waals surface area contributed by atoms with Gasteiger partial charge in [-0.1, -0.05) is 0 Å². The highest BCUT2D eigenvalue weighted by molar-refractivity contribution is 5.85. The molecule has 0 unspecified atom stereocenters. The fourth-order valence-electron chi connectivity index (χ4n) is 0.445. The topological polar surface area (TPSA) is 25.8 Å². The lowest BCUT2D eigenvalue weighted by Crippen LogP contribution is -2.05. The van der Waals surface area contributed by atoms with Crippen molar-refractivity contribution in [2.24, 2.45) is 0 Å². The Morgan fingerprint density at radius 2 is 1.55 bits per heavy atom. The van der Waals surface area contributed by atoms with E-state index in [1.807, 2.05) is 0 Å². The van der Waals surface area contributed by atoms with Gasteiger partial charge in [-0.2, -0.15) is 13.2 Å². The lowest BCUT2D eigenvalue weighted by atomic mass is 10.3. The summed E-state index contributed by atoms with van der Waals surface area (Å²) in [5.74, 6) is 0. The SMILES string of the molecule is Cl.FC(F)(F)c1cncnc1. The van der Waals surface area contributed by atoms with Crippen LogP contribution in [0.1, 0.15) is 5.56 Å². The number of halogens is 4. The number of hydrogen-bond donors (Lipinski definition) is 0. The van der Waals surface area contributed by atoms with E-state index >= 15 is 0 Å². The zero-order valence-corrected chi connectivity index (χ0v) is 5.99. The van der Waals surface area contributed by atoms with E-state index in [0.29, 0.717) is 0 Å². The summed E-state index contributed by atoms with van der Waals surface area (Å²) in [5.41, 5.74) is -0.824. The van der Waals surface area contributed by atoms with Gasteiger partial charge in [0.05, 0.1) is 5.56 Å². The van der Waals surface area contributed by atoms with E-state index < -0.39 is 11.7 Å². The molecule has 0 aliphatic rings. The molecule has 0 radical (unpaired) electrons. The molecular formula is C5H4ClF3N2. The average Bonchev–Trinajstić information content (AvgIpc) is 1.88. The van der Waals surface area contributed by atoms with E-state index in [2.05, 4.69) is 9.97 Å². The van der Waals surface area contributed by atoms with Crippen molar-refractivity contribution in [1.82, 2.24) is 9.97 Å². The molecule has 0 saturated heterocycles. The quantitative estimate of drug-likeness (QED) is 0.616. The summed E-state index contributed by atoms with van der Waals surface area (Å²) in [5, 5.41) is 0. The second kappa shape index (κ2) is 3.52. The molecule has 0 N–H and O–H groups in total. The molecular weight excluding hydrogens is 181 g/mol. The first-order chi connectivity index (χ1) is 4.61. The Kier molecular flexibility index (Phi) is 3.25. The summed E-state index contributed by atoms with van der Waals surface area (Å²) in [7, 11) is 0. The standard InChI is InChI=1S/C5H3F3N2.ClH/c6-5(7,8)4-1-9-3-10-2-4;/h1-3H;1H. The van der Waals surface area contributed by atoms with Crippen molar-refractivity contribution in [3.63, 3.8) is 0 Å². The van der Waals surface area contributed by atoms with Gasteiger partial charge in [0.15, 0.2) is 0 Å². The fraction of sp³-hybridized carbons (Fsp3) is 0.200. The van der Waals surface area contributed by atoms with Crippen LogP contribution in [0.25, 0.3) is 0 Å². The Morgan fingerprint density at radius 1 is 1.09 bits per heavy atom. The molecule has 11 heavy (non-hydrogen) atoms. The molecule has 0 aliphatic carbocycles. The average molecular weight is 185 g/mol. The van der Waals surface area contributed by atoms with Gasteiger partial charge < -0.3 is 0 Å². The van der Waals surface area contributed by atoms with Gasteiger partial charge >= 0.3 is 6.18 Å². The van der Waals surface area contributed by atoms with Gasteiger partial charge in [-0.3, -0.25) is 0 Å². The monoisotopic (exact) mass is 184 g/mol. The van der Waals surface area contributed by atoms with Crippen molar-refractivity contribution in [2.75, 3.05) is 0 Å². The van der Waals surface area contributed by atoms with Crippen LogP contribution >= 0.6 is 12.4 Å². The van der Waals surface area contributed by atoms with Crippen LogP contribution in [0.2, 0.25) is 0 Å². The second-order valence-corrected chi connectivity index (χ2v) is 1.62. The van der Waals surface area contributed by atoms with Crippen LogP contribution in [0, 0.1) is 0 Å². The highest BCUT2D eigenvalue weighted by atomic mass is 35.5. The van der Waals surface area contributed by atoms with Crippen molar-refractivity contribution in [3.05, 3.63) is 24.3 Å². The maximum Gasteiger partial charge on any atom is 0.419 e. The first-order valence-electron chi connectivity index (χ1n) is 2.43. The first kappa shape index (κ1) is 10.2. The molecule has 1 aromatic heterocycles. The molecule has 6 heteroatoms. The Bertz CT molecular complexity index is 211. The molecule has 2 nitrogen and oxygen atoms in total. The first-order valence-corrected chi connectivity index (χ1v) is 2.43. The predicted molar refractivity (Wildman–Crippen MR) is 34.3 cm³/mol. The maximum atomic E-state index is 11.7. The molecule has 0 fully saturated rings. The Morgan fingerprint density at radius 3 is 1.82 bits per heavy atom. The summed E-state index contributed by atoms with van der Waals surface area (Å²) in [6.45, 7) is 0. The predicted octanol–water partition coefficient (Wildman–Crippen LogP) is 1.92. The molecule has 0 aromatic carbocycles. The van der Waals surface area contributed by atoms with Gasteiger partial charge in [-0.15, -0.1) is 12.4 Å². The van der Waals surface area contributed by atoms with Gasteiger partial charge in [-0.05, 0) is 0 Å². The number of aromatic nitrogens is 2. The molecule has 0 aliphatic heterocycles. The van der Waals surface area contributed by atoms with Crippen LogP contribution in [-0.4, -0.2) is 9.97 Å². The van der Waals surface area contributed by atoms with Crippen molar-refractivity contribution in [1.29, 1.82) is 0 Å². The Balaban J connectivity index is 0.000001000. The molecule has 0 amide bonds. The summed E-state index contributed by atoms with van der Waals surface area (Å²) in [4.78, 5) is 6.44. The van der Waals surface area contributed by atoms with E-state index in [9.17, 15) is 13.2 Å². The number of rotatable bonds is 0. The zero-order chi connectivity index (χ0) is 7.61. The fourth-order valence-corrected chi connectivity index (χ4v) is 0.445. The Labute approximate surface area is 66.9 Å². The molecule has 1 heterocycles. The van der Waals surface area contributed by atoms with Gasteiger partial charge in [0.2, 0.25) is 0 Å². The molecule has 1 rings (SSSR count). The lowest BCUT2D eigenvalue weighted by molar-refractivity contribution is -0.138. The van der Waals surface area contributed by atoms with Crippen molar-refractivity contribution in [2.45, 2.75) is 6.18 Å². The molecule has 0 spiro atoms. The highest BCUT2D eigenvalue weighted by Gasteiger charge is 2.30. The van der Waals surface area contributed by atoms with Crippen molar-refractivity contribution >= 4 is 12.4 Å². The number of nitrogens with zero attached hydrogens (tertiary/aromatic N) is 2. The third-order valence-corrected chi connectivity index (χ3v) is 0.888. The summed E-state index contributed by atoms with van der Waals surface area (Å²) in [6.07, 6.45) is -1.82. The summed E-state index contributed by atoms with van der Waals surface area (Å²) < 4.78 is 35.1. The maximum absolute atomic E-state index is 11.7. The summed E-state index contributed by atoms with van der Waals surface area (Å²) >= 11 is 0. The van der Waals surface area contributed by atoms with Crippen molar-refractivity contribution < 1.29 is 13.2 Å². The van der Waals surface area contributed by atoms with Crippen LogP contribution in [-0.2, 0) is 6.18 Å². The van der Waals surface area contributed by atoms with E-state index in [4.69, 9.17) is 0 Å². The molecule has 0 bridgehead atoms. The third-order valence-electron chi connectivity index (χ3n) is 0.888. The highest BCUT2D eigenvalue weighted by Crippen LogP contribution is 2.27. The normalized spacial score (nSPS) is 10.5. The molecule has 62 valence electrons. The van der Waals surface area contributed by atoms with Gasteiger partial charge in [0.25, 0.3) is 0 Å². The Hall–Kier alpha value is -0.840. The van der Waals surface area contributed by atoms with Gasteiger partial charge in [0, 0.05) is 12.4 Å². The van der Waals surface area contributed by atoms with Crippen molar-refractivity contribution in [3.8, 4) is 0 Å². The van der Waals surface area contributed by atoms with E-state index in [1.54, 1.807) is 0 Å². The third kappa shape index (κ3) is 2.71. The summed E-state index contributed by atoms with van der Waals surface area (Å²) in [6, 6.07) is 0. The van der Waals surface area contributed by atoms with Crippen LogP contribution < -0.4 is 0 Å². The zero-order valence-electron chi connectivity index (χ0n) is 5.17. The largest absolute Gasteiger partial charge is 0.419 e.